The Hall–Kier alpha value is -2.78. The molecule has 0 unspecified atom stereocenters. The van der Waals surface area contributed by atoms with E-state index in [0.29, 0.717) is 43.5 Å². The van der Waals surface area contributed by atoms with E-state index in [9.17, 15) is 9.18 Å². The summed E-state index contributed by atoms with van der Waals surface area (Å²) in [5, 5.41) is 15.3. The number of amides is 1. The molecule has 9 heteroatoms. The number of aromatic nitrogens is 2. The van der Waals surface area contributed by atoms with Crippen molar-refractivity contribution in [1.29, 1.82) is 0 Å². The van der Waals surface area contributed by atoms with Gasteiger partial charge in [-0.05, 0) is 43.4 Å². The Bertz CT molecular complexity index is 934. The van der Waals surface area contributed by atoms with Gasteiger partial charge in [0.15, 0.2) is 0 Å². The maximum atomic E-state index is 13.9. The first-order chi connectivity index (χ1) is 14.6. The van der Waals surface area contributed by atoms with Crippen LogP contribution in [0.15, 0.2) is 24.4 Å². The summed E-state index contributed by atoms with van der Waals surface area (Å²) in [5.41, 5.74) is 7.35. The summed E-state index contributed by atoms with van der Waals surface area (Å²) in [6, 6.07) is 4.59. The predicted octanol–water partition coefficient (Wildman–Crippen LogP) is 1.75. The molecule has 2 aromatic rings. The summed E-state index contributed by atoms with van der Waals surface area (Å²) < 4.78 is 13.9. The molecule has 1 aromatic heterocycles. The van der Waals surface area contributed by atoms with Crippen molar-refractivity contribution in [2.75, 3.05) is 41.8 Å². The third-order valence-electron chi connectivity index (χ3n) is 5.67. The molecule has 2 heterocycles. The first-order valence-electron chi connectivity index (χ1n) is 10.4. The molecule has 2 aliphatic rings. The Morgan fingerprint density at radius 2 is 2.07 bits per heavy atom. The smallest absolute Gasteiger partial charge is 0.238 e. The van der Waals surface area contributed by atoms with Gasteiger partial charge in [0.2, 0.25) is 11.9 Å². The van der Waals surface area contributed by atoms with Crippen LogP contribution in [0.25, 0.3) is 0 Å². The number of nitrogens with one attached hydrogen (secondary N) is 2. The minimum atomic E-state index is -0.485. The fraction of sp³-hybridized carbons (Fsp3) is 0.476. The molecule has 0 radical (unpaired) electrons. The molecule has 1 spiro atoms. The lowest BCUT2D eigenvalue weighted by molar-refractivity contribution is -0.120. The Balaban J connectivity index is 1.60. The standard InChI is InChI=1S/C21H27FN6O2/c22-15-3-4-16-17(11-15)28(19(30)21(16)5-6-21)13-14-12-26-20(25-9-7-23)27-18(14)24-8-1-2-10-29/h3-4,11-12,29H,1-2,5-10,13,23H2,(H2,24,25,26,27). The lowest BCUT2D eigenvalue weighted by Gasteiger charge is -2.20. The topological polar surface area (TPSA) is 116 Å². The van der Waals surface area contributed by atoms with Gasteiger partial charge in [-0.25, -0.2) is 9.37 Å². The molecule has 4 rings (SSSR count). The van der Waals surface area contributed by atoms with Crippen LogP contribution in [0.3, 0.4) is 0 Å². The number of hydrogen-bond acceptors (Lipinski definition) is 7. The Morgan fingerprint density at radius 3 is 2.80 bits per heavy atom. The molecular weight excluding hydrogens is 387 g/mol. The number of anilines is 3. The van der Waals surface area contributed by atoms with Crippen LogP contribution in [0.5, 0.6) is 0 Å². The highest BCUT2D eigenvalue weighted by atomic mass is 19.1. The summed E-state index contributed by atoms with van der Waals surface area (Å²) in [6.07, 6.45) is 4.75. The second-order valence-electron chi connectivity index (χ2n) is 7.78. The van der Waals surface area contributed by atoms with Gasteiger partial charge >= 0.3 is 0 Å². The van der Waals surface area contributed by atoms with Crippen LogP contribution >= 0.6 is 0 Å². The largest absolute Gasteiger partial charge is 0.396 e. The van der Waals surface area contributed by atoms with Crippen molar-refractivity contribution in [3.05, 3.63) is 41.3 Å². The van der Waals surface area contributed by atoms with Crippen LogP contribution in [0, 0.1) is 5.82 Å². The molecule has 1 fully saturated rings. The summed E-state index contributed by atoms with van der Waals surface area (Å²) in [7, 11) is 0. The van der Waals surface area contributed by atoms with Crippen molar-refractivity contribution in [1.82, 2.24) is 9.97 Å². The van der Waals surface area contributed by atoms with Crippen LogP contribution in [0.4, 0.5) is 21.8 Å². The molecule has 0 bridgehead atoms. The molecule has 1 aliphatic carbocycles. The molecule has 1 aromatic carbocycles. The van der Waals surface area contributed by atoms with Gasteiger partial charge in [0.05, 0.1) is 17.6 Å². The number of aliphatic hydroxyl groups excluding tert-OH is 1. The van der Waals surface area contributed by atoms with Crippen LogP contribution < -0.4 is 21.3 Å². The predicted molar refractivity (Wildman–Crippen MR) is 113 cm³/mol. The second-order valence-corrected chi connectivity index (χ2v) is 7.78. The Labute approximate surface area is 174 Å². The SMILES string of the molecule is NCCNc1ncc(CN2C(=O)C3(CC3)c3ccc(F)cc32)c(NCCCCO)n1. The molecule has 1 amide bonds. The molecule has 30 heavy (non-hydrogen) atoms. The maximum Gasteiger partial charge on any atom is 0.238 e. The van der Waals surface area contributed by atoms with Crippen molar-refractivity contribution in [2.45, 2.75) is 37.6 Å². The van der Waals surface area contributed by atoms with E-state index in [1.54, 1.807) is 17.2 Å². The third-order valence-corrected chi connectivity index (χ3v) is 5.67. The summed E-state index contributed by atoms with van der Waals surface area (Å²) in [6.45, 7) is 2.02. The monoisotopic (exact) mass is 414 g/mol. The number of hydrogen-bond donors (Lipinski definition) is 4. The highest BCUT2D eigenvalue weighted by Gasteiger charge is 2.59. The third kappa shape index (κ3) is 3.82. The van der Waals surface area contributed by atoms with E-state index >= 15 is 0 Å². The van der Waals surface area contributed by atoms with E-state index in [1.165, 1.54) is 12.1 Å². The van der Waals surface area contributed by atoms with Gasteiger partial charge in [0.1, 0.15) is 11.6 Å². The highest BCUT2D eigenvalue weighted by molar-refractivity contribution is 6.10. The molecule has 0 saturated heterocycles. The quantitative estimate of drug-likeness (QED) is 0.438. The van der Waals surface area contributed by atoms with E-state index in [2.05, 4.69) is 20.6 Å². The van der Waals surface area contributed by atoms with E-state index in [1.807, 2.05) is 0 Å². The number of nitrogens with zero attached hydrogens (tertiary/aromatic N) is 3. The maximum absolute atomic E-state index is 13.9. The number of rotatable bonds is 10. The first kappa shape index (κ1) is 20.5. The average Bonchev–Trinajstić information content (AvgIpc) is 3.52. The fourth-order valence-electron chi connectivity index (χ4n) is 3.94. The van der Waals surface area contributed by atoms with Gasteiger partial charge in [-0.15, -0.1) is 0 Å². The molecule has 160 valence electrons. The minimum absolute atomic E-state index is 0.0136. The van der Waals surface area contributed by atoms with Crippen LogP contribution in [0.2, 0.25) is 0 Å². The highest BCUT2D eigenvalue weighted by Crippen LogP contribution is 2.57. The zero-order valence-corrected chi connectivity index (χ0v) is 16.8. The van der Waals surface area contributed by atoms with Gasteiger partial charge in [-0.3, -0.25) is 4.79 Å². The fourth-order valence-corrected chi connectivity index (χ4v) is 3.94. The van der Waals surface area contributed by atoms with Crippen molar-refractivity contribution in [3.63, 3.8) is 0 Å². The van der Waals surface area contributed by atoms with E-state index < -0.39 is 5.41 Å². The summed E-state index contributed by atoms with van der Waals surface area (Å²) in [5.74, 6) is 0.723. The van der Waals surface area contributed by atoms with E-state index in [4.69, 9.17) is 10.8 Å². The molecule has 1 saturated carbocycles. The number of carbonyl (C=O) groups is 1. The number of unbranched alkanes of at least 4 members (excludes halogenated alkanes) is 1. The van der Waals surface area contributed by atoms with Gasteiger partial charge in [0.25, 0.3) is 0 Å². The molecule has 0 atom stereocenters. The zero-order chi connectivity index (χ0) is 21.1. The van der Waals surface area contributed by atoms with Gasteiger partial charge in [-0.2, -0.15) is 4.98 Å². The Morgan fingerprint density at radius 1 is 1.23 bits per heavy atom. The summed E-state index contributed by atoms with van der Waals surface area (Å²) in [4.78, 5) is 23.7. The molecule has 8 nitrogen and oxygen atoms in total. The van der Waals surface area contributed by atoms with Crippen molar-refractivity contribution in [3.8, 4) is 0 Å². The molecular formula is C21H27FN6O2. The van der Waals surface area contributed by atoms with Crippen LogP contribution in [-0.4, -0.2) is 47.2 Å². The molecule has 5 N–H and O–H groups in total. The van der Waals surface area contributed by atoms with Crippen LogP contribution in [0.1, 0.15) is 36.8 Å². The van der Waals surface area contributed by atoms with Crippen molar-refractivity contribution >= 4 is 23.4 Å². The Kier molecular flexibility index (Phi) is 5.83. The second kappa shape index (κ2) is 8.53. The van der Waals surface area contributed by atoms with E-state index in [-0.39, 0.29) is 24.9 Å². The average molecular weight is 414 g/mol. The van der Waals surface area contributed by atoms with Gasteiger partial charge in [0, 0.05) is 38.0 Å². The number of halogens is 1. The number of aliphatic hydroxyl groups is 1. The van der Waals surface area contributed by atoms with E-state index in [0.717, 1.165) is 30.4 Å². The lowest BCUT2D eigenvalue weighted by atomic mass is 9.98. The molecule has 1 aliphatic heterocycles. The van der Waals surface area contributed by atoms with Crippen molar-refractivity contribution in [2.24, 2.45) is 5.73 Å². The minimum Gasteiger partial charge on any atom is -0.396 e. The first-order valence-corrected chi connectivity index (χ1v) is 10.4. The number of fused-ring (bicyclic) bond motifs is 2. The number of nitrogens with two attached hydrogens (primary N) is 1. The van der Waals surface area contributed by atoms with Gasteiger partial charge in [-0.1, -0.05) is 6.07 Å². The van der Waals surface area contributed by atoms with Gasteiger partial charge < -0.3 is 26.4 Å². The number of carbonyl (C=O) groups excluding carboxylic acids is 1. The van der Waals surface area contributed by atoms with Crippen LogP contribution in [-0.2, 0) is 16.8 Å². The number of benzene rings is 1. The van der Waals surface area contributed by atoms with Crippen molar-refractivity contribution < 1.29 is 14.3 Å². The summed E-state index contributed by atoms with van der Waals surface area (Å²) >= 11 is 0. The normalized spacial score (nSPS) is 16.1. The zero-order valence-electron chi connectivity index (χ0n) is 16.8. The lowest BCUT2D eigenvalue weighted by Crippen LogP contribution is -2.32.